The molecule has 0 heterocycles. The first kappa shape index (κ1) is 56.5. The molecular formula is C40H22BBrF24O2S. The predicted molar refractivity (Wildman–Crippen MR) is 205 cm³/mol. The summed E-state index contributed by atoms with van der Waals surface area (Å²) in [7, 11) is -2.16. The maximum absolute atomic E-state index is 14.2. The van der Waals surface area contributed by atoms with Crippen molar-refractivity contribution in [1.29, 1.82) is 0 Å². The molecule has 0 N–H and O–H groups in total. The molecule has 0 saturated heterocycles. The highest BCUT2D eigenvalue weighted by atomic mass is 79.9. The van der Waals surface area contributed by atoms with Gasteiger partial charge < -0.3 is 0 Å². The summed E-state index contributed by atoms with van der Waals surface area (Å²) >= 11 is 3.30. The quantitative estimate of drug-likeness (QED) is 0.0962. The number of alkyl halides is 24. The van der Waals surface area contributed by atoms with Gasteiger partial charge in [0.1, 0.15) is 18.7 Å². The molecule has 0 aliphatic heterocycles. The molecule has 0 aliphatic carbocycles. The van der Waals surface area contributed by atoms with Crippen LogP contribution in [-0.2, 0) is 63.8 Å². The zero-order valence-corrected chi connectivity index (χ0v) is 35.9. The number of halogens is 25. The van der Waals surface area contributed by atoms with E-state index in [4.69, 9.17) is 4.18 Å². The molecule has 0 bridgehead atoms. The summed E-state index contributed by atoms with van der Waals surface area (Å²) in [6, 6.07) is -1.57. The summed E-state index contributed by atoms with van der Waals surface area (Å²) in [6.45, 7) is 0. The van der Waals surface area contributed by atoms with Gasteiger partial charge in [0.2, 0.25) is 0 Å². The average Bonchev–Trinajstić information content (AvgIpc) is 3.16. The molecule has 29 heteroatoms. The fourth-order valence-corrected chi connectivity index (χ4v) is 7.63. The summed E-state index contributed by atoms with van der Waals surface area (Å²) in [5, 5.41) is 0. The van der Waals surface area contributed by atoms with Crippen LogP contribution in [0.3, 0.4) is 0 Å². The highest BCUT2D eigenvalue weighted by molar-refractivity contribution is 9.10. The van der Waals surface area contributed by atoms with E-state index >= 15 is 0 Å². The molecule has 378 valence electrons. The van der Waals surface area contributed by atoms with E-state index < -0.39 is 205 Å². The Labute approximate surface area is 380 Å². The van der Waals surface area contributed by atoms with Gasteiger partial charge in [0.15, 0.2) is 5.75 Å². The molecule has 0 amide bonds. The van der Waals surface area contributed by atoms with Crippen LogP contribution in [0.25, 0.3) is 0 Å². The molecular weight excluding hydrogens is 1090 g/mol. The van der Waals surface area contributed by atoms with Crippen molar-refractivity contribution < 1.29 is 114 Å². The number of hydrogen-bond acceptors (Lipinski definition) is 2. The Kier molecular flexibility index (Phi) is 15.2. The lowest BCUT2D eigenvalue weighted by Crippen LogP contribution is -2.75. The van der Waals surface area contributed by atoms with Gasteiger partial charge in [-0.1, -0.05) is 68.7 Å². The molecule has 0 saturated carbocycles. The van der Waals surface area contributed by atoms with Crippen LogP contribution in [0.1, 0.15) is 44.5 Å². The van der Waals surface area contributed by atoms with E-state index in [0.29, 0.717) is 5.75 Å². The lowest BCUT2D eigenvalue weighted by atomic mass is 9.12. The molecule has 5 aromatic carbocycles. The van der Waals surface area contributed by atoms with Gasteiger partial charge in [-0.15, -0.1) is 0 Å². The molecule has 0 fully saturated rings. The summed E-state index contributed by atoms with van der Waals surface area (Å²) in [6.07, 6.45) is -51.7. The van der Waals surface area contributed by atoms with E-state index in [9.17, 15) is 110 Å². The van der Waals surface area contributed by atoms with Crippen LogP contribution in [0.2, 0.25) is 0 Å². The van der Waals surface area contributed by atoms with Gasteiger partial charge in [-0.25, -0.2) is 0 Å². The maximum Gasteiger partial charge on any atom is 0.416 e. The highest BCUT2D eigenvalue weighted by Crippen LogP contribution is 2.41. The minimum absolute atomic E-state index is 0.633. The van der Waals surface area contributed by atoms with E-state index in [2.05, 4.69) is 15.9 Å². The van der Waals surface area contributed by atoms with Crippen LogP contribution >= 0.6 is 15.9 Å². The van der Waals surface area contributed by atoms with Crippen molar-refractivity contribution in [3.63, 3.8) is 0 Å². The van der Waals surface area contributed by atoms with Crippen molar-refractivity contribution in [2.45, 2.75) is 49.4 Å². The first-order chi connectivity index (χ1) is 30.7. The Bertz CT molecular complexity index is 2270. The molecule has 0 aromatic heterocycles. The van der Waals surface area contributed by atoms with Crippen LogP contribution in [0, 0.1) is 0 Å². The topological polar surface area (TPSA) is 26.3 Å². The second-order valence-corrected chi connectivity index (χ2v) is 18.3. The fraction of sp³-hybridized carbons (Fsp3) is 0.250. The third-order valence-electron chi connectivity index (χ3n) is 9.55. The van der Waals surface area contributed by atoms with Crippen molar-refractivity contribution >= 4 is 54.1 Å². The average molecular weight is 1110 g/mol. The molecule has 0 radical (unpaired) electrons. The smallest absolute Gasteiger partial charge is 0.287 e. The maximum atomic E-state index is 14.2. The second kappa shape index (κ2) is 18.6. The molecule has 5 rings (SSSR count). The minimum atomic E-state index is -6.13. The van der Waals surface area contributed by atoms with Crippen LogP contribution in [0.5, 0.6) is 5.75 Å². The Morgan fingerprint density at radius 1 is 0.348 bits per heavy atom. The summed E-state index contributed by atoms with van der Waals surface area (Å²) in [4.78, 5) is 0. The lowest BCUT2D eigenvalue weighted by molar-refractivity contribution is -0.144. The summed E-state index contributed by atoms with van der Waals surface area (Å²) in [5.74, 6) is 0.633. The summed E-state index contributed by atoms with van der Waals surface area (Å²) < 4.78 is 358. The first-order valence-corrected chi connectivity index (χ1v) is 21.1. The van der Waals surface area contributed by atoms with Crippen molar-refractivity contribution in [1.82, 2.24) is 0 Å². The second-order valence-electron chi connectivity index (χ2n) is 14.9. The largest absolute Gasteiger partial charge is 0.416 e. The van der Waals surface area contributed by atoms with E-state index in [1.807, 2.05) is 12.1 Å². The van der Waals surface area contributed by atoms with E-state index in [1.165, 1.54) is 0 Å². The van der Waals surface area contributed by atoms with Crippen LogP contribution in [-0.4, -0.2) is 18.7 Å². The normalized spacial score (nSPS) is 13.8. The molecule has 2 nitrogen and oxygen atoms in total. The monoisotopic (exact) mass is 1110 g/mol. The highest BCUT2D eigenvalue weighted by Gasteiger charge is 2.47. The molecule has 0 unspecified atom stereocenters. The zero-order valence-electron chi connectivity index (χ0n) is 33.5. The SMILES string of the molecule is C[S+](C)(=O)Oc1ccc(Br)cc1.FC(F)(F)c1cc([B-](c2cc(C(F)(F)F)cc(C(F)(F)F)c2)(c2cc(C(F)(F)F)cc(C(F)(F)F)c2)c2cc(C(F)(F)F)cc(C(F)(F)F)c2)cc(C(F)(F)F)c1. The van der Waals surface area contributed by atoms with Crippen LogP contribution in [0.15, 0.2) is 102 Å². The van der Waals surface area contributed by atoms with Gasteiger partial charge in [0.05, 0.1) is 44.5 Å². The molecule has 5 aromatic rings. The van der Waals surface area contributed by atoms with E-state index in [0.717, 1.165) is 4.47 Å². The van der Waals surface area contributed by atoms with Crippen LogP contribution in [0.4, 0.5) is 105 Å². The van der Waals surface area contributed by atoms with Gasteiger partial charge in [-0.2, -0.15) is 127 Å². The Balaban J connectivity index is 0.000000750. The van der Waals surface area contributed by atoms with Crippen molar-refractivity contribution in [2.24, 2.45) is 0 Å². The zero-order chi connectivity index (χ0) is 53.1. The van der Waals surface area contributed by atoms with Gasteiger partial charge in [-0.05, 0) is 48.5 Å². The van der Waals surface area contributed by atoms with Gasteiger partial charge in [0.25, 0.3) is 10.2 Å². The van der Waals surface area contributed by atoms with Crippen molar-refractivity contribution in [2.75, 3.05) is 12.5 Å². The standard InChI is InChI=1S/C32H12BF24.C8H10BrO2S/c34-25(35,36)13-1-14(26(37,38)39)6-21(5-13)33(22-7-15(27(40,41)42)2-16(8-22)28(43,44)45,23-9-17(29(46,47)48)3-18(10-23)30(49,50)51)24-11-19(31(52,53)54)4-20(12-24)32(55,56)57;1-12(2,10)11-8-5-3-7(9)4-6-8/h1-12H;3-6H,1-2H3/q-1;+1. The third-order valence-corrected chi connectivity index (χ3v) is 10.7. The van der Waals surface area contributed by atoms with Gasteiger partial charge in [0, 0.05) is 4.47 Å². The third kappa shape index (κ3) is 13.8. The fourth-order valence-electron chi connectivity index (χ4n) is 6.79. The first-order valence-electron chi connectivity index (χ1n) is 18.0. The van der Waals surface area contributed by atoms with Crippen molar-refractivity contribution in [3.05, 3.63) is 146 Å². The van der Waals surface area contributed by atoms with Gasteiger partial charge in [-0.3, -0.25) is 4.18 Å². The lowest BCUT2D eigenvalue weighted by Gasteiger charge is -2.46. The van der Waals surface area contributed by atoms with Crippen LogP contribution < -0.4 is 26.0 Å². The van der Waals surface area contributed by atoms with E-state index in [1.54, 1.807) is 24.6 Å². The Hall–Kier alpha value is -5.09. The molecule has 0 aliphatic rings. The minimum Gasteiger partial charge on any atom is -0.287 e. The Morgan fingerprint density at radius 3 is 0.667 bits per heavy atom. The Morgan fingerprint density at radius 2 is 0.522 bits per heavy atom. The number of hydrogen-bond donors (Lipinski definition) is 0. The molecule has 0 atom stereocenters. The van der Waals surface area contributed by atoms with E-state index in [-0.39, 0.29) is 0 Å². The number of rotatable bonds is 6. The predicted octanol–water partition coefficient (Wildman–Crippen LogP) is 13.7. The molecule has 0 spiro atoms. The summed E-state index contributed by atoms with van der Waals surface area (Å²) in [5.41, 5.74) is -30.2. The number of benzene rings is 5. The van der Waals surface area contributed by atoms with Crippen molar-refractivity contribution in [3.8, 4) is 5.75 Å². The van der Waals surface area contributed by atoms with Gasteiger partial charge >= 0.3 is 49.4 Å². The molecule has 69 heavy (non-hydrogen) atoms.